The average molecular weight is 333 g/mol. The molecule has 0 spiro atoms. The fourth-order valence-electron chi connectivity index (χ4n) is 2.42. The molecular weight excluding hydrogens is 320 g/mol. The number of halogens is 1. The summed E-state index contributed by atoms with van der Waals surface area (Å²) in [4.78, 5) is 11.4. The predicted molar refractivity (Wildman–Crippen MR) is 87.3 cm³/mol. The van der Waals surface area contributed by atoms with E-state index in [4.69, 9.17) is 16.9 Å². The van der Waals surface area contributed by atoms with Crippen LogP contribution in [0.15, 0.2) is 18.2 Å². The van der Waals surface area contributed by atoms with E-state index >= 15 is 0 Å². The standard InChI is InChI=1S/C15H13ClN4OS/c1-8(18-15-11(7-17)14(16)20-22-15)9-2-4-12-10(6-9)3-5-13(21)19-12/h2,4,6,8,18H,3,5H2,1H3,(H,19,21)/t8-/m1/s1. The van der Waals surface area contributed by atoms with E-state index in [0.717, 1.165) is 23.2 Å². The van der Waals surface area contributed by atoms with Crippen LogP contribution in [0, 0.1) is 11.3 Å². The fourth-order valence-corrected chi connectivity index (χ4v) is 3.44. The number of benzene rings is 1. The van der Waals surface area contributed by atoms with Crippen molar-refractivity contribution < 1.29 is 4.79 Å². The summed E-state index contributed by atoms with van der Waals surface area (Å²) in [7, 11) is 0. The molecule has 1 aliphatic rings. The van der Waals surface area contributed by atoms with E-state index in [9.17, 15) is 4.79 Å². The topological polar surface area (TPSA) is 77.8 Å². The average Bonchev–Trinajstić information content (AvgIpc) is 2.86. The minimum absolute atomic E-state index is 0.00606. The van der Waals surface area contributed by atoms with Crippen molar-refractivity contribution in [2.24, 2.45) is 0 Å². The fraction of sp³-hybridized carbons (Fsp3) is 0.267. The lowest BCUT2D eigenvalue weighted by molar-refractivity contribution is -0.116. The van der Waals surface area contributed by atoms with Crippen LogP contribution in [0.4, 0.5) is 10.7 Å². The summed E-state index contributed by atoms with van der Waals surface area (Å²) in [5.74, 6) is 0.0596. The van der Waals surface area contributed by atoms with Crippen molar-refractivity contribution in [2.45, 2.75) is 25.8 Å². The van der Waals surface area contributed by atoms with E-state index in [2.05, 4.69) is 27.1 Å². The van der Waals surface area contributed by atoms with Gasteiger partial charge in [-0.05, 0) is 42.1 Å². The molecule has 3 rings (SSSR count). The Labute approximate surface area is 137 Å². The maximum absolute atomic E-state index is 11.4. The van der Waals surface area contributed by atoms with Crippen LogP contribution in [-0.2, 0) is 11.2 Å². The van der Waals surface area contributed by atoms with Crippen molar-refractivity contribution in [3.8, 4) is 6.07 Å². The number of nitrogens with zero attached hydrogens (tertiary/aromatic N) is 2. The summed E-state index contributed by atoms with van der Waals surface area (Å²) in [5, 5.41) is 16.2. The molecule has 0 bridgehead atoms. The Bertz CT molecular complexity index is 780. The van der Waals surface area contributed by atoms with Crippen LogP contribution in [0.1, 0.15) is 36.1 Å². The van der Waals surface area contributed by atoms with Crippen LogP contribution in [0.2, 0.25) is 5.15 Å². The number of carbonyl (C=O) groups is 1. The van der Waals surface area contributed by atoms with Gasteiger partial charge in [0.05, 0.1) is 0 Å². The van der Waals surface area contributed by atoms with Gasteiger partial charge >= 0.3 is 0 Å². The van der Waals surface area contributed by atoms with Gasteiger partial charge in [0.2, 0.25) is 5.91 Å². The molecule has 1 amide bonds. The molecule has 0 fully saturated rings. The highest BCUT2D eigenvalue weighted by atomic mass is 35.5. The summed E-state index contributed by atoms with van der Waals surface area (Å²) >= 11 is 7.06. The van der Waals surface area contributed by atoms with Crippen LogP contribution >= 0.6 is 23.1 Å². The van der Waals surface area contributed by atoms with Crippen LogP contribution < -0.4 is 10.6 Å². The summed E-state index contributed by atoms with van der Waals surface area (Å²) in [6.07, 6.45) is 1.26. The SMILES string of the molecule is C[C@@H](Nc1snc(Cl)c1C#N)c1ccc2c(c1)CCC(=O)N2. The van der Waals surface area contributed by atoms with E-state index in [1.165, 1.54) is 11.5 Å². The van der Waals surface area contributed by atoms with Crippen molar-refractivity contribution in [1.29, 1.82) is 5.26 Å². The van der Waals surface area contributed by atoms with Crippen molar-refractivity contribution in [2.75, 3.05) is 10.6 Å². The van der Waals surface area contributed by atoms with Gasteiger partial charge < -0.3 is 10.6 Å². The second kappa shape index (κ2) is 5.95. The van der Waals surface area contributed by atoms with Gasteiger partial charge in [-0.25, -0.2) is 0 Å². The molecule has 0 saturated carbocycles. The first kappa shape index (κ1) is 14.8. The zero-order valence-electron chi connectivity index (χ0n) is 11.8. The monoisotopic (exact) mass is 332 g/mol. The number of fused-ring (bicyclic) bond motifs is 1. The van der Waals surface area contributed by atoms with Gasteiger partial charge in [-0.2, -0.15) is 9.64 Å². The van der Waals surface area contributed by atoms with E-state index < -0.39 is 0 Å². The van der Waals surface area contributed by atoms with Crippen molar-refractivity contribution in [1.82, 2.24) is 4.37 Å². The van der Waals surface area contributed by atoms with E-state index in [0.29, 0.717) is 17.0 Å². The van der Waals surface area contributed by atoms with E-state index in [1.807, 2.05) is 19.1 Å². The first-order valence-electron chi connectivity index (χ1n) is 6.83. The molecule has 112 valence electrons. The lowest BCUT2D eigenvalue weighted by atomic mass is 9.98. The molecule has 0 radical (unpaired) electrons. The molecule has 2 N–H and O–H groups in total. The van der Waals surface area contributed by atoms with Crippen LogP contribution in [0.5, 0.6) is 0 Å². The highest BCUT2D eigenvalue weighted by Gasteiger charge is 2.18. The summed E-state index contributed by atoms with van der Waals surface area (Å²) in [6.45, 7) is 2.01. The normalized spacial score (nSPS) is 14.7. The van der Waals surface area contributed by atoms with Gasteiger partial charge in [0.25, 0.3) is 0 Å². The first-order valence-corrected chi connectivity index (χ1v) is 7.98. The number of aryl methyl sites for hydroxylation is 1. The van der Waals surface area contributed by atoms with E-state index in [1.54, 1.807) is 0 Å². The second-order valence-electron chi connectivity index (χ2n) is 5.12. The van der Waals surface area contributed by atoms with Crippen LogP contribution in [0.25, 0.3) is 0 Å². The zero-order valence-corrected chi connectivity index (χ0v) is 13.4. The molecule has 1 aromatic carbocycles. The van der Waals surface area contributed by atoms with Gasteiger partial charge in [-0.1, -0.05) is 23.7 Å². The highest BCUT2D eigenvalue weighted by molar-refractivity contribution is 7.10. The Morgan fingerprint density at radius 3 is 3.09 bits per heavy atom. The van der Waals surface area contributed by atoms with Crippen molar-refractivity contribution in [3.05, 3.63) is 40.0 Å². The minimum Gasteiger partial charge on any atom is -0.368 e. The molecule has 0 aliphatic carbocycles. The molecule has 2 heterocycles. The predicted octanol–water partition coefficient (Wildman–Crippen LogP) is 3.73. The number of rotatable bonds is 3. The lowest BCUT2D eigenvalue weighted by Crippen LogP contribution is -2.19. The Hall–Kier alpha value is -2.10. The second-order valence-corrected chi connectivity index (χ2v) is 6.25. The lowest BCUT2D eigenvalue weighted by Gasteiger charge is -2.20. The molecule has 1 aliphatic heterocycles. The number of aromatic nitrogens is 1. The largest absolute Gasteiger partial charge is 0.368 e. The highest BCUT2D eigenvalue weighted by Crippen LogP contribution is 2.32. The number of hydrogen-bond donors (Lipinski definition) is 2. The van der Waals surface area contributed by atoms with Gasteiger partial charge in [0.15, 0.2) is 5.15 Å². The zero-order chi connectivity index (χ0) is 15.7. The minimum atomic E-state index is 0.00606. The molecule has 0 saturated heterocycles. The number of amides is 1. The Morgan fingerprint density at radius 2 is 2.32 bits per heavy atom. The molecule has 22 heavy (non-hydrogen) atoms. The quantitative estimate of drug-likeness (QED) is 0.897. The number of nitriles is 1. The molecule has 5 nitrogen and oxygen atoms in total. The summed E-state index contributed by atoms with van der Waals surface area (Å²) < 4.78 is 3.99. The molecule has 0 unspecified atom stereocenters. The van der Waals surface area contributed by atoms with Crippen molar-refractivity contribution >= 4 is 39.7 Å². The molecule has 1 aromatic heterocycles. The summed E-state index contributed by atoms with van der Waals surface area (Å²) in [6, 6.07) is 8.04. The third-order valence-corrected chi connectivity index (χ3v) is 4.79. The Balaban J connectivity index is 1.82. The smallest absolute Gasteiger partial charge is 0.224 e. The Kier molecular flexibility index (Phi) is 4.01. The van der Waals surface area contributed by atoms with Crippen LogP contribution in [0.3, 0.4) is 0 Å². The van der Waals surface area contributed by atoms with Crippen molar-refractivity contribution in [3.63, 3.8) is 0 Å². The molecule has 2 aromatic rings. The number of hydrogen-bond acceptors (Lipinski definition) is 5. The maximum atomic E-state index is 11.4. The Morgan fingerprint density at radius 1 is 1.50 bits per heavy atom. The molecular formula is C15H13ClN4OS. The maximum Gasteiger partial charge on any atom is 0.224 e. The first-order chi connectivity index (χ1) is 10.6. The molecule has 1 atom stereocenters. The number of anilines is 2. The summed E-state index contributed by atoms with van der Waals surface area (Å²) in [5.41, 5.74) is 3.48. The van der Waals surface area contributed by atoms with E-state index in [-0.39, 0.29) is 17.1 Å². The number of carbonyl (C=O) groups excluding carboxylic acids is 1. The van der Waals surface area contributed by atoms with Gasteiger partial charge in [0.1, 0.15) is 16.6 Å². The third kappa shape index (κ3) is 2.78. The van der Waals surface area contributed by atoms with Crippen LogP contribution in [-0.4, -0.2) is 10.3 Å². The van der Waals surface area contributed by atoms with Gasteiger partial charge in [-0.3, -0.25) is 4.79 Å². The van der Waals surface area contributed by atoms with Gasteiger partial charge in [-0.15, -0.1) is 0 Å². The number of nitrogens with one attached hydrogen (secondary N) is 2. The van der Waals surface area contributed by atoms with Gasteiger partial charge in [0, 0.05) is 18.2 Å². The third-order valence-electron chi connectivity index (χ3n) is 3.63. The molecule has 7 heteroatoms.